The number of nitrogens with zero attached hydrogens (tertiary/aromatic N) is 1. The van der Waals surface area contributed by atoms with Crippen LogP contribution in [0.15, 0.2) is 18.3 Å². The maximum Gasteiger partial charge on any atom is 0.223 e. The zero-order valence-electron chi connectivity index (χ0n) is 12.1. The van der Waals surface area contributed by atoms with Crippen molar-refractivity contribution < 1.29 is 4.79 Å². The third kappa shape index (κ3) is 3.06. The van der Waals surface area contributed by atoms with E-state index >= 15 is 0 Å². The van der Waals surface area contributed by atoms with Crippen molar-refractivity contribution in [2.24, 2.45) is 5.92 Å². The molecule has 3 heterocycles. The highest BCUT2D eigenvalue weighted by Crippen LogP contribution is 2.31. The van der Waals surface area contributed by atoms with Crippen molar-refractivity contribution in [1.29, 1.82) is 0 Å². The fraction of sp³-hybridized carbons (Fsp3) is 0.688. The first-order valence-corrected chi connectivity index (χ1v) is 7.98. The van der Waals surface area contributed by atoms with E-state index < -0.39 is 0 Å². The van der Waals surface area contributed by atoms with Crippen LogP contribution in [0.4, 0.5) is 0 Å². The summed E-state index contributed by atoms with van der Waals surface area (Å²) in [6.07, 6.45) is 8.46. The Morgan fingerprint density at radius 3 is 3.05 bits per heavy atom. The summed E-state index contributed by atoms with van der Waals surface area (Å²) >= 11 is 0. The molecule has 1 aromatic rings. The van der Waals surface area contributed by atoms with Crippen molar-refractivity contribution >= 4 is 5.91 Å². The molecule has 2 unspecified atom stereocenters. The number of likely N-dealkylation sites (tertiary alicyclic amines) is 1. The standard InChI is InChI=1S/C16H25N3O/c20-16(8-7-13-4-1-9-17-12-13)19-11-3-6-15(19)14-5-2-10-18-14/h2,5,10,13,15,17-18H,1,3-4,6-9,11-12H2. The molecule has 2 N–H and O–H groups in total. The summed E-state index contributed by atoms with van der Waals surface area (Å²) < 4.78 is 0. The number of hydrogen-bond acceptors (Lipinski definition) is 2. The Hall–Kier alpha value is -1.29. The van der Waals surface area contributed by atoms with Gasteiger partial charge in [-0.3, -0.25) is 4.79 Å². The number of carbonyl (C=O) groups is 1. The second-order valence-corrected chi connectivity index (χ2v) is 6.12. The zero-order valence-corrected chi connectivity index (χ0v) is 12.1. The van der Waals surface area contributed by atoms with Crippen LogP contribution in [0.25, 0.3) is 0 Å². The van der Waals surface area contributed by atoms with Gasteiger partial charge in [0.2, 0.25) is 5.91 Å². The summed E-state index contributed by atoms with van der Waals surface area (Å²) in [5.41, 5.74) is 1.19. The van der Waals surface area contributed by atoms with Gasteiger partial charge in [0.05, 0.1) is 6.04 Å². The Morgan fingerprint density at radius 2 is 2.30 bits per heavy atom. The van der Waals surface area contributed by atoms with E-state index in [0.717, 1.165) is 38.9 Å². The number of carbonyl (C=O) groups excluding carboxylic acids is 1. The fourth-order valence-corrected chi connectivity index (χ4v) is 3.58. The molecule has 2 atom stereocenters. The molecule has 2 fully saturated rings. The number of amides is 1. The normalized spacial score (nSPS) is 26.9. The van der Waals surface area contributed by atoms with Gasteiger partial charge in [-0.15, -0.1) is 0 Å². The van der Waals surface area contributed by atoms with E-state index in [0.29, 0.717) is 18.2 Å². The van der Waals surface area contributed by atoms with Crippen molar-refractivity contribution in [3.63, 3.8) is 0 Å². The minimum Gasteiger partial charge on any atom is -0.363 e. The summed E-state index contributed by atoms with van der Waals surface area (Å²) in [7, 11) is 0. The largest absolute Gasteiger partial charge is 0.363 e. The lowest BCUT2D eigenvalue weighted by Crippen LogP contribution is -2.33. The first kappa shape index (κ1) is 13.7. The smallest absolute Gasteiger partial charge is 0.223 e. The lowest BCUT2D eigenvalue weighted by molar-refractivity contribution is -0.132. The van der Waals surface area contributed by atoms with Gasteiger partial charge in [0.15, 0.2) is 0 Å². The minimum atomic E-state index is 0.280. The molecule has 0 aromatic carbocycles. The van der Waals surface area contributed by atoms with Crippen LogP contribution in [0.2, 0.25) is 0 Å². The van der Waals surface area contributed by atoms with Crippen LogP contribution < -0.4 is 5.32 Å². The Kier molecular flexibility index (Phi) is 4.41. The summed E-state index contributed by atoms with van der Waals surface area (Å²) in [6.45, 7) is 3.16. The fourth-order valence-electron chi connectivity index (χ4n) is 3.58. The number of nitrogens with one attached hydrogen (secondary N) is 2. The van der Waals surface area contributed by atoms with Gasteiger partial charge in [0, 0.05) is 24.9 Å². The maximum atomic E-state index is 12.5. The van der Waals surface area contributed by atoms with Crippen molar-refractivity contribution in [2.45, 2.75) is 44.6 Å². The van der Waals surface area contributed by atoms with Crippen molar-refractivity contribution in [1.82, 2.24) is 15.2 Å². The van der Waals surface area contributed by atoms with E-state index in [1.165, 1.54) is 18.5 Å². The average Bonchev–Trinajstić information content (AvgIpc) is 3.15. The highest BCUT2D eigenvalue weighted by Gasteiger charge is 2.30. The molecule has 3 rings (SSSR count). The van der Waals surface area contributed by atoms with Gasteiger partial charge in [0.25, 0.3) is 0 Å². The number of hydrogen-bond donors (Lipinski definition) is 2. The van der Waals surface area contributed by atoms with Gasteiger partial charge >= 0.3 is 0 Å². The predicted octanol–water partition coefficient (Wildman–Crippen LogP) is 2.46. The van der Waals surface area contributed by atoms with E-state index in [1.54, 1.807) is 0 Å². The molecular weight excluding hydrogens is 250 g/mol. The molecule has 0 bridgehead atoms. The number of piperidine rings is 1. The van der Waals surface area contributed by atoms with Crippen molar-refractivity contribution in [3.05, 3.63) is 24.0 Å². The van der Waals surface area contributed by atoms with Gasteiger partial charge in [-0.05, 0) is 63.2 Å². The van der Waals surface area contributed by atoms with E-state index in [4.69, 9.17) is 0 Å². The predicted molar refractivity (Wildman–Crippen MR) is 79.3 cm³/mol. The molecule has 2 aliphatic rings. The topological polar surface area (TPSA) is 48.1 Å². The highest BCUT2D eigenvalue weighted by molar-refractivity contribution is 5.77. The van der Waals surface area contributed by atoms with Gasteiger partial charge in [-0.2, -0.15) is 0 Å². The van der Waals surface area contributed by atoms with Crippen LogP contribution in [0.1, 0.15) is 50.3 Å². The maximum absolute atomic E-state index is 12.5. The molecule has 4 heteroatoms. The molecule has 20 heavy (non-hydrogen) atoms. The number of H-pyrrole nitrogens is 1. The Morgan fingerprint density at radius 1 is 1.35 bits per heavy atom. The van der Waals surface area contributed by atoms with E-state index in [-0.39, 0.29) is 6.04 Å². The molecule has 0 spiro atoms. The zero-order chi connectivity index (χ0) is 13.8. The summed E-state index contributed by atoms with van der Waals surface area (Å²) in [6, 6.07) is 4.40. The Bertz CT molecular complexity index is 423. The third-order valence-electron chi connectivity index (χ3n) is 4.72. The molecule has 1 aromatic heterocycles. The molecule has 4 nitrogen and oxygen atoms in total. The van der Waals surface area contributed by atoms with Gasteiger partial charge in [-0.25, -0.2) is 0 Å². The number of aromatic amines is 1. The van der Waals surface area contributed by atoms with Crippen LogP contribution in [-0.4, -0.2) is 35.4 Å². The van der Waals surface area contributed by atoms with Gasteiger partial charge in [0.1, 0.15) is 0 Å². The molecule has 0 aliphatic carbocycles. The van der Waals surface area contributed by atoms with Crippen LogP contribution in [0, 0.1) is 5.92 Å². The number of aromatic nitrogens is 1. The first-order chi connectivity index (χ1) is 9.84. The lowest BCUT2D eigenvalue weighted by atomic mass is 9.94. The summed E-state index contributed by atoms with van der Waals surface area (Å²) in [4.78, 5) is 17.8. The summed E-state index contributed by atoms with van der Waals surface area (Å²) in [5, 5.41) is 3.43. The minimum absolute atomic E-state index is 0.280. The SMILES string of the molecule is O=C(CCC1CCCNC1)N1CCCC1c1ccc[nH]1. The van der Waals surface area contributed by atoms with E-state index in [1.807, 2.05) is 12.3 Å². The molecule has 2 saturated heterocycles. The van der Waals surface area contributed by atoms with Gasteiger partial charge in [-0.1, -0.05) is 0 Å². The molecule has 1 amide bonds. The van der Waals surface area contributed by atoms with Crippen LogP contribution in [0.3, 0.4) is 0 Å². The van der Waals surface area contributed by atoms with E-state index in [2.05, 4.69) is 21.3 Å². The van der Waals surface area contributed by atoms with E-state index in [9.17, 15) is 4.79 Å². The second kappa shape index (κ2) is 6.44. The highest BCUT2D eigenvalue weighted by atomic mass is 16.2. The molecular formula is C16H25N3O. The third-order valence-corrected chi connectivity index (χ3v) is 4.72. The van der Waals surface area contributed by atoms with Gasteiger partial charge < -0.3 is 15.2 Å². The van der Waals surface area contributed by atoms with Crippen LogP contribution in [0.5, 0.6) is 0 Å². The second-order valence-electron chi connectivity index (χ2n) is 6.12. The quantitative estimate of drug-likeness (QED) is 0.887. The Balaban J connectivity index is 1.53. The molecule has 2 aliphatic heterocycles. The number of rotatable bonds is 4. The lowest BCUT2D eigenvalue weighted by Gasteiger charge is -2.26. The van der Waals surface area contributed by atoms with Crippen molar-refractivity contribution in [2.75, 3.05) is 19.6 Å². The molecule has 0 saturated carbocycles. The average molecular weight is 275 g/mol. The first-order valence-electron chi connectivity index (χ1n) is 7.98. The van der Waals surface area contributed by atoms with Crippen LogP contribution >= 0.6 is 0 Å². The monoisotopic (exact) mass is 275 g/mol. The summed E-state index contributed by atoms with van der Waals surface area (Å²) in [5.74, 6) is 1.03. The molecule has 0 radical (unpaired) electrons. The van der Waals surface area contributed by atoms with Crippen LogP contribution in [-0.2, 0) is 4.79 Å². The molecule has 110 valence electrons. The van der Waals surface area contributed by atoms with Crippen molar-refractivity contribution in [3.8, 4) is 0 Å². The Labute approximate surface area is 120 Å².